The summed E-state index contributed by atoms with van der Waals surface area (Å²) in [6.07, 6.45) is 1.77. The lowest BCUT2D eigenvalue weighted by Crippen LogP contribution is -2.36. The molecule has 1 N–H and O–H groups in total. The second-order valence-corrected chi connectivity index (χ2v) is 7.42. The van der Waals surface area contributed by atoms with Crippen molar-refractivity contribution < 1.29 is 18.7 Å². The van der Waals surface area contributed by atoms with Gasteiger partial charge in [-0.15, -0.1) is 0 Å². The largest absolute Gasteiger partial charge is 0.467 e. The molecule has 2 aromatic rings. The zero-order chi connectivity index (χ0) is 19.5. The van der Waals surface area contributed by atoms with Gasteiger partial charge in [-0.3, -0.25) is 9.59 Å². The van der Waals surface area contributed by atoms with Gasteiger partial charge in [-0.1, -0.05) is 11.6 Å². The minimum Gasteiger partial charge on any atom is -0.467 e. The molecule has 7 nitrogen and oxygen atoms in total. The molecule has 2 amide bonds. The molecule has 2 saturated heterocycles. The molecular formula is C20H22ClN3O4. The number of hydrogen-bond donors (Lipinski definition) is 1. The third kappa shape index (κ3) is 4.15. The van der Waals surface area contributed by atoms with Crippen molar-refractivity contribution >= 4 is 34.8 Å². The molecule has 0 unspecified atom stereocenters. The number of likely N-dealkylation sites (tertiary alicyclic amines) is 1. The number of ether oxygens (including phenoxy) is 1. The lowest BCUT2D eigenvalue weighted by atomic mass is 10.1. The number of furan rings is 1. The summed E-state index contributed by atoms with van der Waals surface area (Å²) in [5, 5.41) is 3.47. The fourth-order valence-electron chi connectivity index (χ4n) is 3.58. The third-order valence-electron chi connectivity index (χ3n) is 5.08. The Bertz CT molecular complexity index is 849. The minimum absolute atomic E-state index is 0.0442. The highest BCUT2D eigenvalue weighted by molar-refractivity contribution is 6.33. The molecule has 28 heavy (non-hydrogen) atoms. The van der Waals surface area contributed by atoms with Crippen molar-refractivity contribution in [3.8, 4) is 0 Å². The zero-order valence-electron chi connectivity index (χ0n) is 15.4. The number of carbonyl (C=O) groups is 2. The van der Waals surface area contributed by atoms with Crippen LogP contribution in [0.15, 0.2) is 41.0 Å². The van der Waals surface area contributed by atoms with Crippen LogP contribution in [-0.2, 0) is 20.9 Å². The number of hydrogen-bond acceptors (Lipinski definition) is 5. The molecule has 8 heteroatoms. The van der Waals surface area contributed by atoms with Gasteiger partial charge < -0.3 is 24.3 Å². The molecular weight excluding hydrogens is 382 g/mol. The Kier molecular flexibility index (Phi) is 5.54. The smallest absolute Gasteiger partial charge is 0.229 e. The van der Waals surface area contributed by atoms with Crippen LogP contribution in [0.2, 0.25) is 5.02 Å². The molecule has 0 aliphatic carbocycles. The molecule has 0 spiro atoms. The number of halogens is 1. The molecule has 2 aliphatic heterocycles. The predicted molar refractivity (Wildman–Crippen MR) is 105 cm³/mol. The molecule has 2 aliphatic rings. The van der Waals surface area contributed by atoms with Gasteiger partial charge in [0.2, 0.25) is 11.8 Å². The van der Waals surface area contributed by atoms with Gasteiger partial charge in [-0.05, 0) is 30.3 Å². The van der Waals surface area contributed by atoms with Gasteiger partial charge in [0.25, 0.3) is 0 Å². The molecule has 3 heterocycles. The van der Waals surface area contributed by atoms with Gasteiger partial charge in [0, 0.05) is 31.7 Å². The van der Waals surface area contributed by atoms with Gasteiger partial charge in [-0.2, -0.15) is 0 Å². The highest BCUT2D eigenvalue weighted by Gasteiger charge is 2.34. The summed E-state index contributed by atoms with van der Waals surface area (Å²) < 4.78 is 10.7. The summed E-state index contributed by atoms with van der Waals surface area (Å²) in [4.78, 5) is 28.6. The molecule has 2 fully saturated rings. The molecule has 0 bridgehead atoms. The van der Waals surface area contributed by atoms with Gasteiger partial charge >= 0.3 is 0 Å². The van der Waals surface area contributed by atoms with Crippen molar-refractivity contribution in [2.75, 3.05) is 43.1 Å². The van der Waals surface area contributed by atoms with E-state index in [0.717, 1.165) is 18.8 Å². The summed E-state index contributed by atoms with van der Waals surface area (Å²) in [5.41, 5.74) is 1.56. The Morgan fingerprint density at radius 3 is 2.79 bits per heavy atom. The maximum absolute atomic E-state index is 12.6. The molecule has 4 rings (SSSR count). The van der Waals surface area contributed by atoms with E-state index in [1.165, 1.54) is 0 Å². The van der Waals surface area contributed by atoms with E-state index in [1.54, 1.807) is 23.3 Å². The Labute approximate surface area is 168 Å². The van der Waals surface area contributed by atoms with Crippen molar-refractivity contribution in [2.45, 2.75) is 13.0 Å². The van der Waals surface area contributed by atoms with Crippen LogP contribution in [0.1, 0.15) is 12.2 Å². The lowest BCUT2D eigenvalue weighted by molar-refractivity contribution is -0.128. The van der Waals surface area contributed by atoms with E-state index < -0.39 is 0 Å². The molecule has 1 aromatic heterocycles. The van der Waals surface area contributed by atoms with E-state index in [0.29, 0.717) is 42.8 Å². The maximum atomic E-state index is 12.6. The van der Waals surface area contributed by atoms with Crippen LogP contribution in [0.4, 0.5) is 11.4 Å². The van der Waals surface area contributed by atoms with Crippen molar-refractivity contribution in [3.63, 3.8) is 0 Å². The molecule has 0 radical (unpaired) electrons. The summed E-state index contributed by atoms with van der Waals surface area (Å²) in [7, 11) is 0. The molecule has 1 aromatic carbocycles. The second-order valence-electron chi connectivity index (χ2n) is 7.01. The number of morpholine rings is 1. The van der Waals surface area contributed by atoms with Crippen LogP contribution in [0.5, 0.6) is 0 Å². The fourth-order valence-corrected chi connectivity index (χ4v) is 3.88. The maximum Gasteiger partial charge on any atom is 0.229 e. The zero-order valence-corrected chi connectivity index (χ0v) is 16.2. The van der Waals surface area contributed by atoms with Crippen LogP contribution in [0, 0.1) is 5.92 Å². The van der Waals surface area contributed by atoms with Crippen LogP contribution in [0.3, 0.4) is 0 Å². The first-order valence-electron chi connectivity index (χ1n) is 9.33. The quantitative estimate of drug-likeness (QED) is 0.830. The van der Waals surface area contributed by atoms with E-state index >= 15 is 0 Å². The van der Waals surface area contributed by atoms with Crippen molar-refractivity contribution in [1.29, 1.82) is 0 Å². The number of rotatable bonds is 5. The summed E-state index contributed by atoms with van der Waals surface area (Å²) in [6.45, 7) is 3.71. The van der Waals surface area contributed by atoms with E-state index in [1.807, 2.05) is 18.2 Å². The van der Waals surface area contributed by atoms with E-state index in [-0.39, 0.29) is 24.2 Å². The Morgan fingerprint density at radius 1 is 1.25 bits per heavy atom. The van der Waals surface area contributed by atoms with Gasteiger partial charge in [0.1, 0.15) is 5.76 Å². The molecule has 0 saturated carbocycles. The van der Waals surface area contributed by atoms with Gasteiger partial charge in [0.05, 0.1) is 42.6 Å². The second kappa shape index (κ2) is 8.24. The number of carbonyl (C=O) groups excluding carboxylic acids is 2. The average Bonchev–Trinajstić information content (AvgIpc) is 3.33. The number of nitrogens with zero attached hydrogens (tertiary/aromatic N) is 2. The Morgan fingerprint density at radius 2 is 2.07 bits per heavy atom. The molecule has 1 atom stereocenters. The highest BCUT2D eigenvalue weighted by Crippen LogP contribution is 2.30. The Balaban J connectivity index is 1.37. The van der Waals surface area contributed by atoms with Crippen LogP contribution < -0.4 is 10.2 Å². The first-order valence-corrected chi connectivity index (χ1v) is 9.71. The average molecular weight is 404 g/mol. The number of amides is 2. The Hall–Kier alpha value is -2.51. The van der Waals surface area contributed by atoms with E-state index in [2.05, 4.69) is 10.2 Å². The van der Waals surface area contributed by atoms with E-state index in [9.17, 15) is 9.59 Å². The fraction of sp³-hybridized carbons (Fsp3) is 0.400. The van der Waals surface area contributed by atoms with Gasteiger partial charge in [0.15, 0.2) is 0 Å². The van der Waals surface area contributed by atoms with Gasteiger partial charge in [-0.25, -0.2) is 0 Å². The van der Waals surface area contributed by atoms with Crippen molar-refractivity contribution in [1.82, 2.24) is 4.90 Å². The van der Waals surface area contributed by atoms with Crippen LogP contribution >= 0.6 is 11.6 Å². The summed E-state index contributed by atoms with van der Waals surface area (Å²) in [6, 6.07) is 9.10. The SMILES string of the molecule is O=C(Nc1ccc(N2CCOCC2)c(Cl)c1)[C@@H]1CC(=O)N(Cc2ccco2)C1. The number of anilines is 2. The lowest BCUT2D eigenvalue weighted by Gasteiger charge is -2.29. The number of nitrogens with one attached hydrogen (secondary N) is 1. The number of benzene rings is 1. The first-order chi connectivity index (χ1) is 13.6. The monoisotopic (exact) mass is 403 g/mol. The predicted octanol–water partition coefficient (Wildman–Crippen LogP) is 2.76. The summed E-state index contributed by atoms with van der Waals surface area (Å²) >= 11 is 6.43. The first kappa shape index (κ1) is 18.8. The topological polar surface area (TPSA) is 75.0 Å². The highest BCUT2D eigenvalue weighted by atomic mass is 35.5. The normalized spacial score (nSPS) is 19.9. The van der Waals surface area contributed by atoms with Crippen molar-refractivity contribution in [3.05, 3.63) is 47.4 Å². The molecule has 148 valence electrons. The van der Waals surface area contributed by atoms with Crippen LogP contribution in [0.25, 0.3) is 0 Å². The van der Waals surface area contributed by atoms with Crippen molar-refractivity contribution in [2.24, 2.45) is 5.92 Å². The van der Waals surface area contributed by atoms with E-state index in [4.69, 9.17) is 20.8 Å². The third-order valence-corrected chi connectivity index (χ3v) is 5.38. The summed E-state index contributed by atoms with van der Waals surface area (Å²) in [5.74, 6) is 0.0998. The standard InChI is InChI=1S/C20H22ClN3O4/c21-17-11-15(3-4-18(17)23-5-8-27-9-6-23)22-20(26)14-10-19(25)24(12-14)13-16-2-1-7-28-16/h1-4,7,11,14H,5-6,8-10,12-13H2,(H,22,26)/t14-/m1/s1. The minimum atomic E-state index is -0.389. The van der Waals surface area contributed by atoms with Crippen LogP contribution in [-0.4, -0.2) is 49.6 Å².